The molecular formula is C25H32N4O7S. The van der Waals surface area contributed by atoms with Crippen LogP contribution >= 0.6 is 0 Å². The number of sulfonamides is 1. The van der Waals surface area contributed by atoms with E-state index in [-0.39, 0.29) is 29.8 Å². The lowest BCUT2D eigenvalue weighted by molar-refractivity contribution is -0.122. The Morgan fingerprint density at radius 2 is 1.59 bits per heavy atom. The number of rotatable bonds is 8. The third-order valence-corrected chi connectivity index (χ3v) is 8.58. The molecule has 37 heavy (non-hydrogen) atoms. The second-order valence-corrected chi connectivity index (χ2v) is 10.8. The van der Waals surface area contributed by atoms with Crippen LogP contribution in [0.25, 0.3) is 0 Å². The number of nitrogens with two attached hydrogens (primary N) is 1. The van der Waals surface area contributed by atoms with Crippen molar-refractivity contribution in [2.45, 2.75) is 17.7 Å². The first-order valence-electron chi connectivity index (χ1n) is 12.0. The van der Waals surface area contributed by atoms with E-state index in [1.165, 1.54) is 24.6 Å². The predicted molar refractivity (Wildman–Crippen MR) is 138 cm³/mol. The van der Waals surface area contributed by atoms with Crippen LogP contribution in [0.4, 0.5) is 11.4 Å². The van der Waals surface area contributed by atoms with E-state index in [9.17, 15) is 18.0 Å². The molecule has 0 unspecified atom stereocenters. The molecule has 4 rings (SSSR count). The fraction of sp³-hybridized carbons (Fsp3) is 0.440. The fourth-order valence-electron chi connectivity index (χ4n) is 4.53. The maximum Gasteiger partial charge on any atom is 0.255 e. The van der Waals surface area contributed by atoms with Crippen LogP contribution in [0, 0.1) is 5.92 Å². The summed E-state index contributed by atoms with van der Waals surface area (Å²) in [6, 6.07) is 9.64. The zero-order valence-corrected chi connectivity index (χ0v) is 21.8. The molecule has 200 valence electrons. The molecule has 0 atom stereocenters. The Balaban J connectivity index is 1.66. The van der Waals surface area contributed by atoms with Crippen molar-refractivity contribution < 1.29 is 32.2 Å². The Morgan fingerprint density at radius 1 is 0.973 bits per heavy atom. The normalized spacial score (nSPS) is 17.3. The maximum atomic E-state index is 13.7. The Labute approximate surface area is 216 Å². The zero-order chi connectivity index (χ0) is 26.6. The number of methoxy groups -OCH3 is 2. The van der Waals surface area contributed by atoms with Gasteiger partial charge in [-0.25, -0.2) is 8.42 Å². The number of anilines is 2. The summed E-state index contributed by atoms with van der Waals surface area (Å²) in [5, 5.41) is 2.79. The van der Waals surface area contributed by atoms with Gasteiger partial charge in [0.25, 0.3) is 5.91 Å². The second-order valence-electron chi connectivity index (χ2n) is 8.92. The van der Waals surface area contributed by atoms with E-state index in [0.29, 0.717) is 67.6 Å². The van der Waals surface area contributed by atoms with E-state index in [2.05, 4.69) is 5.32 Å². The zero-order valence-electron chi connectivity index (χ0n) is 20.9. The van der Waals surface area contributed by atoms with Gasteiger partial charge in [0.1, 0.15) is 16.4 Å². The van der Waals surface area contributed by atoms with Gasteiger partial charge in [0, 0.05) is 49.4 Å². The summed E-state index contributed by atoms with van der Waals surface area (Å²) < 4.78 is 44.7. The van der Waals surface area contributed by atoms with Gasteiger partial charge in [-0.1, -0.05) is 0 Å². The van der Waals surface area contributed by atoms with E-state index in [4.69, 9.17) is 19.9 Å². The summed E-state index contributed by atoms with van der Waals surface area (Å²) in [6.07, 6.45) is 1.09. The first-order valence-corrected chi connectivity index (χ1v) is 13.5. The molecule has 0 saturated carbocycles. The van der Waals surface area contributed by atoms with Gasteiger partial charge in [0.2, 0.25) is 15.9 Å². The number of nitrogens with one attached hydrogen (secondary N) is 1. The summed E-state index contributed by atoms with van der Waals surface area (Å²) >= 11 is 0. The molecule has 2 fully saturated rings. The van der Waals surface area contributed by atoms with Crippen molar-refractivity contribution in [3.63, 3.8) is 0 Å². The van der Waals surface area contributed by atoms with Gasteiger partial charge < -0.3 is 30.2 Å². The number of carbonyl (C=O) groups excluding carboxylic acids is 2. The van der Waals surface area contributed by atoms with Gasteiger partial charge in [-0.05, 0) is 43.2 Å². The lowest BCUT2D eigenvalue weighted by atomic mass is 9.96. The Morgan fingerprint density at radius 3 is 2.16 bits per heavy atom. The Hall–Kier alpha value is -3.35. The molecule has 2 heterocycles. The van der Waals surface area contributed by atoms with Crippen molar-refractivity contribution in [1.29, 1.82) is 0 Å². The molecule has 2 saturated heterocycles. The van der Waals surface area contributed by atoms with E-state index < -0.39 is 15.9 Å². The highest BCUT2D eigenvalue weighted by atomic mass is 32.2. The minimum Gasteiger partial charge on any atom is -0.497 e. The molecule has 3 N–H and O–H groups in total. The highest BCUT2D eigenvalue weighted by molar-refractivity contribution is 7.89. The first kappa shape index (κ1) is 26.7. The summed E-state index contributed by atoms with van der Waals surface area (Å²) in [6.45, 7) is 2.10. The number of piperidine rings is 1. The van der Waals surface area contributed by atoms with Gasteiger partial charge in [-0.3, -0.25) is 9.59 Å². The lowest BCUT2D eigenvalue weighted by Gasteiger charge is -2.35. The van der Waals surface area contributed by atoms with Crippen LogP contribution in [-0.4, -0.2) is 78.1 Å². The molecule has 2 aliphatic rings. The SMILES string of the molecule is COc1cc(OC)cc(C(=O)Nc2ccc(N3CCC(C(N)=O)CC3)c(S(=O)(=O)N3CCOCC3)c2)c1. The molecule has 0 bridgehead atoms. The number of nitrogens with zero attached hydrogens (tertiary/aromatic N) is 2. The topological polar surface area (TPSA) is 140 Å². The summed E-state index contributed by atoms with van der Waals surface area (Å²) in [5.74, 6) is -0.103. The number of hydrogen-bond acceptors (Lipinski definition) is 8. The average molecular weight is 533 g/mol. The molecule has 0 spiro atoms. The smallest absolute Gasteiger partial charge is 0.255 e. The van der Waals surface area contributed by atoms with Crippen LogP contribution in [0.1, 0.15) is 23.2 Å². The monoisotopic (exact) mass is 532 g/mol. The van der Waals surface area contributed by atoms with E-state index >= 15 is 0 Å². The molecule has 12 heteroatoms. The third-order valence-electron chi connectivity index (χ3n) is 6.66. The molecule has 0 radical (unpaired) electrons. The van der Waals surface area contributed by atoms with Crippen LogP contribution < -0.4 is 25.4 Å². The van der Waals surface area contributed by atoms with Crippen LogP contribution in [-0.2, 0) is 19.6 Å². The minimum atomic E-state index is -3.89. The van der Waals surface area contributed by atoms with Crippen molar-refractivity contribution in [2.24, 2.45) is 11.7 Å². The predicted octanol–water partition coefficient (Wildman–Crippen LogP) is 1.68. The van der Waals surface area contributed by atoms with Crippen LogP contribution in [0.2, 0.25) is 0 Å². The minimum absolute atomic E-state index is 0.0907. The van der Waals surface area contributed by atoms with Crippen molar-refractivity contribution >= 4 is 33.2 Å². The quantitative estimate of drug-likeness (QED) is 0.523. The number of hydrogen-bond donors (Lipinski definition) is 2. The van der Waals surface area contributed by atoms with Crippen LogP contribution in [0.5, 0.6) is 11.5 Å². The van der Waals surface area contributed by atoms with E-state index in [0.717, 1.165) is 0 Å². The second kappa shape index (κ2) is 11.4. The van der Waals surface area contributed by atoms with Crippen molar-refractivity contribution in [1.82, 2.24) is 4.31 Å². The molecule has 11 nitrogen and oxygen atoms in total. The van der Waals surface area contributed by atoms with Gasteiger partial charge in [0.15, 0.2) is 0 Å². The molecule has 2 amide bonds. The van der Waals surface area contributed by atoms with Crippen LogP contribution in [0.15, 0.2) is 41.3 Å². The van der Waals surface area contributed by atoms with Gasteiger partial charge in [-0.2, -0.15) is 4.31 Å². The lowest BCUT2D eigenvalue weighted by Crippen LogP contribution is -2.42. The number of carbonyl (C=O) groups is 2. The van der Waals surface area contributed by atoms with Crippen molar-refractivity contribution in [3.8, 4) is 11.5 Å². The molecule has 2 aliphatic heterocycles. The number of morpholine rings is 1. The number of primary amides is 1. The molecular weight excluding hydrogens is 500 g/mol. The molecule has 2 aromatic rings. The van der Waals surface area contributed by atoms with Crippen LogP contribution in [0.3, 0.4) is 0 Å². The van der Waals surface area contributed by atoms with E-state index in [1.54, 1.807) is 30.3 Å². The van der Waals surface area contributed by atoms with E-state index in [1.807, 2.05) is 4.90 Å². The number of amides is 2. The van der Waals surface area contributed by atoms with Crippen molar-refractivity contribution in [2.75, 3.05) is 63.8 Å². The highest BCUT2D eigenvalue weighted by Gasteiger charge is 2.32. The average Bonchev–Trinajstić information content (AvgIpc) is 2.93. The van der Waals surface area contributed by atoms with Crippen molar-refractivity contribution in [3.05, 3.63) is 42.0 Å². The van der Waals surface area contributed by atoms with Gasteiger partial charge in [-0.15, -0.1) is 0 Å². The van der Waals surface area contributed by atoms with Gasteiger partial charge in [0.05, 0.1) is 33.1 Å². The highest BCUT2D eigenvalue weighted by Crippen LogP contribution is 2.34. The summed E-state index contributed by atoms with van der Waals surface area (Å²) in [4.78, 5) is 26.7. The largest absolute Gasteiger partial charge is 0.497 e. The molecule has 0 aliphatic carbocycles. The Kier molecular flexibility index (Phi) is 8.20. The maximum absolute atomic E-state index is 13.7. The molecule has 2 aromatic carbocycles. The number of ether oxygens (including phenoxy) is 3. The fourth-order valence-corrected chi connectivity index (χ4v) is 6.18. The third kappa shape index (κ3) is 5.97. The standard InChI is InChI=1S/C25H32N4O7S/c1-34-20-13-18(14-21(16-20)35-2)25(31)27-19-3-4-22(28-7-5-17(6-8-28)24(26)30)23(15-19)37(32,33)29-9-11-36-12-10-29/h3-4,13-17H,5-12H2,1-2H3,(H2,26,30)(H,27,31). The first-order chi connectivity index (χ1) is 17.7. The Bertz CT molecular complexity index is 1230. The summed E-state index contributed by atoms with van der Waals surface area (Å²) in [7, 11) is -0.907. The number of benzene rings is 2. The summed E-state index contributed by atoms with van der Waals surface area (Å²) in [5.41, 5.74) is 6.62. The van der Waals surface area contributed by atoms with Gasteiger partial charge >= 0.3 is 0 Å². The molecule has 0 aromatic heterocycles.